The van der Waals surface area contributed by atoms with Crippen LogP contribution in [0, 0.1) is 17.1 Å². The summed E-state index contributed by atoms with van der Waals surface area (Å²) in [4.78, 5) is 17.5. The minimum atomic E-state index is -0.443. The summed E-state index contributed by atoms with van der Waals surface area (Å²) in [6.45, 7) is 1.95. The lowest BCUT2D eigenvalue weighted by Gasteiger charge is -2.14. The Balaban J connectivity index is 1.63. The molecule has 3 aromatic rings. The van der Waals surface area contributed by atoms with Crippen molar-refractivity contribution in [2.24, 2.45) is 5.16 Å². The molecule has 34 heavy (non-hydrogen) atoms. The number of amides is 1. The van der Waals surface area contributed by atoms with Crippen LogP contribution in [-0.4, -0.2) is 25.3 Å². The van der Waals surface area contributed by atoms with Crippen LogP contribution in [0.15, 0.2) is 65.8 Å². The lowest BCUT2D eigenvalue weighted by molar-refractivity contribution is -0.118. The summed E-state index contributed by atoms with van der Waals surface area (Å²) in [6, 6.07) is 17.8. The standard InChI is InChI=1S/C25H21ClFN3O4/c1-2-32-23-12-17(14-29-34-15-19-6-4-3-5-18(19)13-28)11-22(26)25(23)33-16-24(31)30-21-9-7-20(27)8-10-21/h3-12,14H,2,15-16H2,1H3,(H,30,31)/b29-14-. The molecular weight excluding hydrogens is 461 g/mol. The largest absolute Gasteiger partial charge is 0.490 e. The van der Waals surface area contributed by atoms with Crippen LogP contribution >= 0.6 is 11.6 Å². The van der Waals surface area contributed by atoms with E-state index in [1.807, 2.05) is 6.07 Å². The van der Waals surface area contributed by atoms with Gasteiger partial charge in [0, 0.05) is 16.8 Å². The van der Waals surface area contributed by atoms with E-state index in [0.29, 0.717) is 29.2 Å². The fourth-order valence-electron chi connectivity index (χ4n) is 2.89. The number of benzene rings is 3. The first kappa shape index (κ1) is 24.6. The Morgan fingerprint density at radius 3 is 2.68 bits per heavy atom. The van der Waals surface area contributed by atoms with Crippen molar-refractivity contribution in [2.45, 2.75) is 13.5 Å². The third-order valence-corrected chi connectivity index (χ3v) is 4.72. The number of nitrogens with one attached hydrogen (secondary N) is 1. The molecule has 0 aliphatic rings. The van der Waals surface area contributed by atoms with E-state index in [1.54, 1.807) is 37.3 Å². The highest BCUT2D eigenvalue weighted by Crippen LogP contribution is 2.36. The maximum absolute atomic E-state index is 13.0. The van der Waals surface area contributed by atoms with Gasteiger partial charge in [0.05, 0.1) is 29.5 Å². The predicted molar refractivity (Wildman–Crippen MR) is 127 cm³/mol. The van der Waals surface area contributed by atoms with Crippen molar-refractivity contribution >= 4 is 29.4 Å². The molecule has 0 aliphatic carbocycles. The zero-order valence-corrected chi connectivity index (χ0v) is 19.0. The Bertz CT molecular complexity index is 1210. The minimum Gasteiger partial charge on any atom is -0.490 e. The summed E-state index contributed by atoms with van der Waals surface area (Å²) in [5, 5.41) is 15.9. The molecule has 0 bridgehead atoms. The van der Waals surface area contributed by atoms with E-state index in [-0.39, 0.29) is 24.0 Å². The second kappa shape index (κ2) is 12.2. The molecule has 3 rings (SSSR count). The van der Waals surface area contributed by atoms with E-state index in [4.69, 9.17) is 31.2 Å². The second-order valence-corrected chi connectivity index (χ2v) is 7.29. The fraction of sp³-hybridized carbons (Fsp3) is 0.160. The number of hydrogen-bond donors (Lipinski definition) is 1. The zero-order valence-electron chi connectivity index (χ0n) is 18.3. The van der Waals surface area contributed by atoms with Gasteiger partial charge in [-0.25, -0.2) is 4.39 Å². The molecule has 1 N–H and O–H groups in total. The molecule has 0 radical (unpaired) electrons. The van der Waals surface area contributed by atoms with Crippen LogP contribution in [-0.2, 0) is 16.2 Å². The molecule has 0 spiro atoms. The first-order valence-electron chi connectivity index (χ1n) is 10.3. The molecule has 0 aromatic heterocycles. The molecule has 0 atom stereocenters. The highest BCUT2D eigenvalue weighted by atomic mass is 35.5. The number of oxime groups is 1. The van der Waals surface area contributed by atoms with Gasteiger partial charge in [-0.05, 0) is 49.4 Å². The van der Waals surface area contributed by atoms with Crippen molar-refractivity contribution in [3.05, 3.63) is 88.2 Å². The first-order chi connectivity index (χ1) is 16.5. The first-order valence-corrected chi connectivity index (χ1v) is 10.7. The molecular formula is C25H21ClFN3O4. The highest BCUT2D eigenvalue weighted by Gasteiger charge is 2.14. The maximum Gasteiger partial charge on any atom is 0.262 e. The average Bonchev–Trinajstić information content (AvgIpc) is 2.83. The van der Waals surface area contributed by atoms with Gasteiger partial charge in [-0.1, -0.05) is 35.0 Å². The van der Waals surface area contributed by atoms with Gasteiger partial charge < -0.3 is 19.6 Å². The van der Waals surface area contributed by atoms with Crippen molar-refractivity contribution < 1.29 is 23.5 Å². The Hall–Kier alpha value is -4.09. The molecule has 0 saturated carbocycles. The van der Waals surface area contributed by atoms with Crippen LogP contribution in [0.1, 0.15) is 23.6 Å². The molecule has 0 unspecified atom stereocenters. The monoisotopic (exact) mass is 481 g/mol. The predicted octanol–water partition coefficient (Wildman–Crippen LogP) is 5.32. The van der Waals surface area contributed by atoms with Gasteiger partial charge in [0.25, 0.3) is 5.91 Å². The fourth-order valence-corrected chi connectivity index (χ4v) is 3.17. The molecule has 1 amide bonds. The van der Waals surface area contributed by atoms with E-state index < -0.39 is 11.7 Å². The van der Waals surface area contributed by atoms with Crippen LogP contribution in [0.2, 0.25) is 5.02 Å². The quantitative estimate of drug-likeness (QED) is 0.312. The van der Waals surface area contributed by atoms with Crippen molar-refractivity contribution in [2.75, 3.05) is 18.5 Å². The van der Waals surface area contributed by atoms with Gasteiger partial charge in [0.2, 0.25) is 0 Å². The Kier molecular flexibility index (Phi) is 8.83. The summed E-state index contributed by atoms with van der Waals surface area (Å²) < 4.78 is 24.2. The third-order valence-electron chi connectivity index (χ3n) is 4.44. The number of ether oxygens (including phenoxy) is 2. The van der Waals surface area contributed by atoms with E-state index >= 15 is 0 Å². The molecule has 3 aromatic carbocycles. The normalized spacial score (nSPS) is 10.5. The minimum absolute atomic E-state index is 0.136. The van der Waals surface area contributed by atoms with Crippen LogP contribution in [0.5, 0.6) is 11.5 Å². The molecule has 0 fully saturated rings. The number of carbonyl (C=O) groups is 1. The Morgan fingerprint density at radius 2 is 1.94 bits per heavy atom. The van der Waals surface area contributed by atoms with Crippen LogP contribution < -0.4 is 14.8 Å². The van der Waals surface area contributed by atoms with Gasteiger partial charge in [-0.2, -0.15) is 5.26 Å². The van der Waals surface area contributed by atoms with Gasteiger partial charge in [0.1, 0.15) is 12.4 Å². The number of rotatable bonds is 10. The topological polar surface area (TPSA) is 92.9 Å². The van der Waals surface area contributed by atoms with E-state index in [1.165, 1.54) is 30.5 Å². The highest BCUT2D eigenvalue weighted by molar-refractivity contribution is 6.32. The van der Waals surface area contributed by atoms with Crippen molar-refractivity contribution in [3.63, 3.8) is 0 Å². The van der Waals surface area contributed by atoms with Crippen molar-refractivity contribution in [3.8, 4) is 17.6 Å². The number of hydrogen-bond acceptors (Lipinski definition) is 6. The van der Waals surface area contributed by atoms with Crippen molar-refractivity contribution in [1.82, 2.24) is 0 Å². The van der Waals surface area contributed by atoms with E-state index in [0.717, 1.165) is 5.56 Å². The van der Waals surface area contributed by atoms with Crippen molar-refractivity contribution in [1.29, 1.82) is 5.26 Å². The number of nitrogens with zero attached hydrogens (tertiary/aromatic N) is 2. The summed E-state index contributed by atoms with van der Waals surface area (Å²) in [5.74, 6) is -0.301. The molecule has 7 nitrogen and oxygen atoms in total. The van der Waals surface area contributed by atoms with Gasteiger partial charge >= 0.3 is 0 Å². The summed E-state index contributed by atoms with van der Waals surface area (Å²) in [5.41, 5.74) is 2.27. The molecule has 0 aliphatic heterocycles. The molecule has 174 valence electrons. The Morgan fingerprint density at radius 1 is 1.18 bits per heavy atom. The maximum atomic E-state index is 13.0. The number of halogens is 2. The lowest BCUT2D eigenvalue weighted by Crippen LogP contribution is -2.20. The van der Waals surface area contributed by atoms with E-state index in [9.17, 15) is 9.18 Å². The van der Waals surface area contributed by atoms with Gasteiger partial charge in [-0.3, -0.25) is 4.79 Å². The number of anilines is 1. The average molecular weight is 482 g/mol. The molecule has 0 saturated heterocycles. The van der Waals surface area contributed by atoms with E-state index in [2.05, 4.69) is 16.5 Å². The van der Waals surface area contributed by atoms with Crippen LogP contribution in [0.3, 0.4) is 0 Å². The van der Waals surface area contributed by atoms with Gasteiger partial charge in [-0.15, -0.1) is 0 Å². The smallest absolute Gasteiger partial charge is 0.262 e. The second-order valence-electron chi connectivity index (χ2n) is 6.88. The van der Waals surface area contributed by atoms with Crippen LogP contribution in [0.4, 0.5) is 10.1 Å². The van der Waals surface area contributed by atoms with Gasteiger partial charge in [0.15, 0.2) is 18.1 Å². The Labute approximate surface area is 201 Å². The summed E-state index contributed by atoms with van der Waals surface area (Å²) >= 11 is 6.36. The zero-order chi connectivity index (χ0) is 24.3. The number of nitriles is 1. The SMILES string of the molecule is CCOc1cc(/C=N\OCc2ccccc2C#N)cc(Cl)c1OCC(=O)Nc1ccc(F)cc1. The summed E-state index contributed by atoms with van der Waals surface area (Å²) in [6.07, 6.45) is 1.45. The lowest BCUT2D eigenvalue weighted by atomic mass is 10.1. The number of carbonyl (C=O) groups excluding carboxylic acids is 1. The third kappa shape index (κ3) is 6.95. The molecule has 0 heterocycles. The summed E-state index contributed by atoms with van der Waals surface area (Å²) in [7, 11) is 0. The van der Waals surface area contributed by atoms with Crippen LogP contribution in [0.25, 0.3) is 0 Å². The molecule has 9 heteroatoms.